The number of rotatable bonds is 5. The number of nitrogens with zero attached hydrogens (tertiary/aromatic N) is 2. The summed E-state index contributed by atoms with van der Waals surface area (Å²) in [4.78, 5) is 29.3. The molecule has 1 atom stereocenters. The molecule has 28 heavy (non-hydrogen) atoms. The lowest BCUT2D eigenvalue weighted by Gasteiger charge is -2.37. The van der Waals surface area contributed by atoms with Crippen molar-refractivity contribution in [2.24, 2.45) is 0 Å². The van der Waals surface area contributed by atoms with E-state index in [0.29, 0.717) is 24.4 Å². The second kappa shape index (κ2) is 8.78. The molecule has 6 nitrogen and oxygen atoms in total. The molecule has 2 aromatic carbocycles. The van der Waals surface area contributed by atoms with Gasteiger partial charge in [0.2, 0.25) is 0 Å². The molecule has 0 radical (unpaired) electrons. The Balaban J connectivity index is 1.58. The lowest BCUT2D eigenvalue weighted by Crippen LogP contribution is -2.51. The predicted molar refractivity (Wildman–Crippen MR) is 108 cm³/mol. The van der Waals surface area contributed by atoms with Crippen molar-refractivity contribution in [1.82, 2.24) is 4.90 Å². The summed E-state index contributed by atoms with van der Waals surface area (Å²) >= 11 is 0. The van der Waals surface area contributed by atoms with Gasteiger partial charge in [-0.2, -0.15) is 0 Å². The van der Waals surface area contributed by atoms with Gasteiger partial charge in [0.1, 0.15) is 11.3 Å². The number of benzene rings is 2. The molecule has 0 aromatic heterocycles. The standard InChI is InChI=1S/C22H26N2O4/c1-16-9-10-20(27-3)19(15-16)22(26)28-17(2)21(25)24-13-11-23(12-14-24)18-7-5-4-6-8-18/h4-10,15,17H,11-14H2,1-3H3/t17-/m0/s1. The minimum absolute atomic E-state index is 0.173. The van der Waals surface area contributed by atoms with Crippen LogP contribution in [0.15, 0.2) is 48.5 Å². The van der Waals surface area contributed by atoms with Crippen LogP contribution in [0.1, 0.15) is 22.8 Å². The number of ether oxygens (including phenoxy) is 2. The summed E-state index contributed by atoms with van der Waals surface area (Å²) in [5.41, 5.74) is 2.40. The third kappa shape index (κ3) is 4.44. The molecular formula is C22H26N2O4. The van der Waals surface area contributed by atoms with E-state index >= 15 is 0 Å². The van der Waals surface area contributed by atoms with Crippen LogP contribution in [0.4, 0.5) is 5.69 Å². The highest BCUT2D eigenvalue weighted by atomic mass is 16.5. The van der Waals surface area contributed by atoms with E-state index in [1.54, 1.807) is 24.0 Å². The maximum absolute atomic E-state index is 12.7. The molecule has 0 unspecified atom stereocenters. The molecule has 2 aromatic rings. The monoisotopic (exact) mass is 382 g/mol. The van der Waals surface area contributed by atoms with Crippen LogP contribution >= 0.6 is 0 Å². The van der Waals surface area contributed by atoms with Crippen molar-refractivity contribution in [2.45, 2.75) is 20.0 Å². The van der Waals surface area contributed by atoms with Crippen molar-refractivity contribution < 1.29 is 19.1 Å². The van der Waals surface area contributed by atoms with E-state index in [9.17, 15) is 9.59 Å². The molecule has 3 rings (SSSR count). The SMILES string of the molecule is COc1ccc(C)cc1C(=O)O[C@@H](C)C(=O)N1CCN(c2ccccc2)CC1. The van der Waals surface area contributed by atoms with E-state index in [1.165, 1.54) is 7.11 Å². The molecule has 0 N–H and O–H groups in total. The third-order valence-electron chi connectivity index (χ3n) is 4.92. The summed E-state index contributed by atoms with van der Waals surface area (Å²) in [5.74, 6) is -0.288. The fourth-order valence-corrected chi connectivity index (χ4v) is 3.34. The van der Waals surface area contributed by atoms with Gasteiger partial charge in [-0.3, -0.25) is 4.79 Å². The number of esters is 1. The molecular weight excluding hydrogens is 356 g/mol. The van der Waals surface area contributed by atoms with E-state index in [-0.39, 0.29) is 5.91 Å². The van der Waals surface area contributed by atoms with E-state index in [4.69, 9.17) is 9.47 Å². The Bertz CT molecular complexity index is 830. The van der Waals surface area contributed by atoms with Crippen molar-refractivity contribution in [1.29, 1.82) is 0 Å². The van der Waals surface area contributed by atoms with Crippen LogP contribution < -0.4 is 9.64 Å². The zero-order chi connectivity index (χ0) is 20.1. The molecule has 6 heteroatoms. The maximum atomic E-state index is 12.7. The molecule has 1 fully saturated rings. The first-order valence-electron chi connectivity index (χ1n) is 9.44. The molecule has 1 heterocycles. The number of para-hydroxylation sites is 1. The number of piperazine rings is 1. The molecule has 0 saturated carbocycles. The van der Waals surface area contributed by atoms with Gasteiger partial charge in [-0.1, -0.05) is 29.8 Å². The Morgan fingerprint density at radius 1 is 1.00 bits per heavy atom. The Morgan fingerprint density at radius 2 is 1.68 bits per heavy atom. The van der Waals surface area contributed by atoms with E-state index < -0.39 is 12.1 Å². The van der Waals surface area contributed by atoms with Crippen molar-refractivity contribution >= 4 is 17.6 Å². The quantitative estimate of drug-likeness (QED) is 0.744. The molecule has 1 aliphatic rings. The average molecular weight is 382 g/mol. The zero-order valence-corrected chi connectivity index (χ0v) is 16.6. The summed E-state index contributed by atoms with van der Waals surface area (Å²) in [6.07, 6.45) is -0.846. The van der Waals surface area contributed by atoms with Crippen LogP contribution in [0.25, 0.3) is 0 Å². The van der Waals surface area contributed by atoms with Gasteiger partial charge in [0.25, 0.3) is 5.91 Å². The molecule has 1 amide bonds. The topological polar surface area (TPSA) is 59.1 Å². The van der Waals surface area contributed by atoms with Gasteiger partial charge in [-0.15, -0.1) is 0 Å². The predicted octanol–water partition coefficient (Wildman–Crippen LogP) is 2.90. The lowest BCUT2D eigenvalue weighted by atomic mass is 10.1. The van der Waals surface area contributed by atoms with Gasteiger partial charge in [-0.25, -0.2) is 4.79 Å². The van der Waals surface area contributed by atoms with Crippen LogP contribution in [0.2, 0.25) is 0 Å². The third-order valence-corrected chi connectivity index (χ3v) is 4.92. The summed E-state index contributed by atoms with van der Waals surface area (Å²) in [6, 6.07) is 15.4. The minimum atomic E-state index is -0.846. The molecule has 1 aliphatic heterocycles. The van der Waals surface area contributed by atoms with Crippen molar-refractivity contribution in [2.75, 3.05) is 38.2 Å². The van der Waals surface area contributed by atoms with Gasteiger partial charge in [0.15, 0.2) is 6.10 Å². The number of anilines is 1. The van der Waals surface area contributed by atoms with Crippen LogP contribution in [0, 0.1) is 6.92 Å². The van der Waals surface area contributed by atoms with Gasteiger partial charge < -0.3 is 19.3 Å². The fourth-order valence-electron chi connectivity index (χ4n) is 3.34. The second-order valence-corrected chi connectivity index (χ2v) is 6.90. The minimum Gasteiger partial charge on any atom is -0.496 e. The first-order chi connectivity index (χ1) is 13.5. The van der Waals surface area contributed by atoms with Gasteiger partial charge in [0, 0.05) is 31.9 Å². The molecule has 148 valence electrons. The number of carbonyl (C=O) groups excluding carboxylic acids is 2. The smallest absolute Gasteiger partial charge is 0.342 e. The lowest BCUT2D eigenvalue weighted by molar-refractivity contribution is -0.140. The van der Waals surface area contributed by atoms with Crippen LogP contribution in [-0.4, -0.2) is 56.2 Å². The van der Waals surface area contributed by atoms with Crippen LogP contribution in [-0.2, 0) is 9.53 Å². The number of hydrogen-bond donors (Lipinski definition) is 0. The van der Waals surface area contributed by atoms with Crippen molar-refractivity contribution in [3.63, 3.8) is 0 Å². The fraction of sp³-hybridized carbons (Fsp3) is 0.364. The van der Waals surface area contributed by atoms with Gasteiger partial charge >= 0.3 is 5.97 Å². The van der Waals surface area contributed by atoms with Gasteiger partial charge in [-0.05, 0) is 38.1 Å². The Morgan fingerprint density at radius 3 is 2.32 bits per heavy atom. The molecule has 0 spiro atoms. The number of hydrogen-bond acceptors (Lipinski definition) is 5. The summed E-state index contributed by atoms with van der Waals surface area (Å²) in [7, 11) is 1.50. The molecule has 1 saturated heterocycles. The summed E-state index contributed by atoms with van der Waals surface area (Å²) in [5, 5.41) is 0. The largest absolute Gasteiger partial charge is 0.496 e. The first kappa shape index (κ1) is 19.7. The Labute approximate surface area is 165 Å². The van der Waals surface area contributed by atoms with Gasteiger partial charge in [0.05, 0.1) is 7.11 Å². The number of carbonyl (C=O) groups is 2. The van der Waals surface area contributed by atoms with Crippen molar-refractivity contribution in [3.8, 4) is 5.75 Å². The molecule has 0 bridgehead atoms. The number of amides is 1. The Kier molecular flexibility index (Phi) is 6.19. The van der Waals surface area contributed by atoms with E-state index in [0.717, 1.165) is 24.3 Å². The zero-order valence-electron chi connectivity index (χ0n) is 16.6. The first-order valence-corrected chi connectivity index (χ1v) is 9.44. The second-order valence-electron chi connectivity index (χ2n) is 6.90. The number of methoxy groups -OCH3 is 1. The highest BCUT2D eigenvalue weighted by Gasteiger charge is 2.28. The van der Waals surface area contributed by atoms with Crippen LogP contribution in [0.3, 0.4) is 0 Å². The Hall–Kier alpha value is -3.02. The normalized spacial score (nSPS) is 15.1. The average Bonchev–Trinajstić information content (AvgIpc) is 2.73. The van der Waals surface area contributed by atoms with Crippen LogP contribution in [0.5, 0.6) is 5.75 Å². The summed E-state index contributed by atoms with van der Waals surface area (Å²) < 4.78 is 10.7. The summed E-state index contributed by atoms with van der Waals surface area (Å²) in [6.45, 7) is 6.21. The highest BCUT2D eigenvalue weighted by molar-refractivity contribution is 5.95. The van der Waals surface area contributed by atoms with E-state index in [1.807, 2.05) is 31.2 Å². The maximum Gasteiger partial charge on any atom is 0.342 e. The highest BCUT2D eigenvalue weighted by Crippen LogP contribution is 2.22. The number of aryl methyl sites for hydroxylation is 1. The molecule has 0 aliphatic carbocycles. The van der Waals surface area contributed by atoms with Crippen molar-refractivity contribution in [3.05, 3.63) is 59.7 Å². The van der Waals surface area contributed by atoms with E-state index in [2.05, 4.69) is 17.0 Å².